The van der Waals surface area contributed by atoms with Gasteiger partial charge in [-0.05, 0) is 24.6 Å². The van der Waals surface area contributed by atoms with Gasteiger partial charge >= 0.3 is 5.97 Å². The van der Waals surface area contributed by atoms with Gasteiger partial charge in [0.2, 0.25) is 5.95 Å². The third-order valence-electron chi connectivity index (χ3n) is 4.13. The van der Waals surface area contributed by atoms with Gasteiger partial charge in [-0.2, -0.15) is 0 Å². The summed E-state index contributed by atoms with van der Waals surface area (Å²) >= 11 is 0. The van der Waals surface area contributed by atoms with Gasteiger partial charge in [0.25, 0.3) is 5.91 Å². The highest BCUT2D eigenvalue weighted by molar-refractivity contribution is 5.98. The molecule has 148 valence electrons. The van der Waals surface area contributed by atoms with Crippen molar-refractivity contribution in [1.82, 2.24) is 9.97 Å². The zero-order chi connectivity index (χ0) is 20.5. The lowest BCUT2D eigenvalue weighted by Gasteiger charge is -2.16. The van der Waals surface area contributed by atoms with Crippen LogP contribution in [0.15, 0.2) is 73.1 Å². The van der Waals surface area contributed by atoms with Crippen molar-refractivity contribution in [3.8, 4) is 11.1 Å². The largest absolute Gasteiger partial charge is 0.452 e. The van der Waals surface area contributed by atoms with Gasteiger partial charge in [-0.3, -0.25) is 9.59 Å². The molecule has 0 fully saturated rings. The number of para-hydroxylation sites is 1. The molecule has 1 amide bonds. The molecule has 2 aromatic carbocycles. The predicted octanol–water partition coefficient (Wildman–Crippen LogP) is 3.52. The topological polar surface area (TPSA) is 93.2 Å². The smallest absolute Gasteiger partial charge is 0.308 e. The Labute approximate surface area is 169 Å². The molecule has 0 saturated carbocycles. The molecule has 1 atom stereocenters. The van der Waals surface area contributed by atoms with Crippen LogP contribution in [0.4, 0.5) is 11.6 Å². The first-order valence-electron chi connectivity index (χ1n) is 9.29. The molecular weight excluding hydrogens is 368 g/mol. The van der Waals surface area contributed by atoms with Gasteiger partial charge in [0.1, 0.15) is 0 Å². The van der Waals surface area contributed by atoms with Gasteiger partial charge in [-0.1, -0.05) is 48.5 Å². The number of hydrogen-bond donors (Lipinski definition) is 2. The molecule has 0 spiro atoms. The summed E-state index contributed by atoms with van der Waals surface area (Å²) in [5.74, 6) is -0.433. The number of anilines is 2. The molecule has 0 aliphatic heterocycles. The number of carbonyl (C=O) groups excluding carboxylic acids is 2. The van der Waals surface area contributed by atoms with Crippen molar-refractivity contribution >= 4 is 23.5 Å². The Morgan fingerprint density at radius 3 is 2.41 bits per heavy atom. The Hall–Kier alpha value is -3.74. The Bertz CT molecular complexity index is 949. The molecule has 0 aliphatic rings. The van der Waals surface area contributed by atoms with Crippen LogP contribution in [0.5, 0.6) is 0 Å². The van der Waals surface area contributed by atoms with Crippen LogP contribution >= 0.6 is 0 Å². The summed E-state index contributed by atoms with van der Waals surface area (Å²) in [5.41, 5.74) is 2.55. The molecule has 1 heterocycles. The van der Waals surface area contributed by atoms with Crippen LogP contribution in [-0.4, -0.2) is 34.5 Å². The van der Waals surface area contributed by atoms with E-state index < -0.39 is 12.1 Å². The Kier molecular flexibility index (Phi) is 6.89. The number of carbonyl (C=O) groups is 2. The maximum absolute atomic E-state index is 12.5. The standard InChI is InChI=1S/C22H22N4O3/c1-16(29-20(27)12-15-25-22-23-13-7-14-24-22)21(28)26-19-11-6-5-10-18(19)17-8-3-2-4-9-17/h2-11,13-14,16H,12,15H2,1H3,(H,26,28)(H,23,24,25). The average molecular weight is 390 g/mol. The molecule has 0 saturated heterocycles. The fourth-order valence-electron chi connectivity index (χ4n) is 2.67. The van der Waals surface area contributed by atoms with E-state index in [9.17, 15) is 9.59 Å². The first kappa shape index (κ1) is 20.0. The summed E-state index contributed by atoms with van der Waals surface area (Å²) in [5, 5.41) is 5.76. The van der Waals surface area contributed by atoms with E-state index in [1.54, 1.807) is 25.4 Å². The summed E-state index contributed by atoms with van der Waals surface area (Å²) < 4.78 is 5.24. The Balaban J connectivity index is 1.52. The fourth-order valence-corrected chi connectivity index (χ4v) is 2.67. The summed E-state index contributed by atoms with van der Waals surface area (Å²) in [6.07, 6.45) is 2.39. The van der Waals surface area contributed by atoms with E-state index in [4.69, 9.17) is 4.74 Å². The maximum Gasteiger partial charge on any atom is 0.308 e. The molecule has 3 rings (SSSR count). The van der Waals surface area contributed by atoms with Crippen molar-refractivity contribution < 1.29 is 14.3 Å². The van der Waals surface area contributed by atoms with Gasteiger partial charge in [0.05, 0.1) is 6.42 Å². The number of ether oxygens (including phenoxy) is 1. The third-order valence-corrected chi connectivity index (χ3v) is 4.13. The second-order valence-electron chi connectivity index (χ2n) is 6.28. The number of benzene rings is 2. The number of aromatic nitrogens is 2. The van der Waals surface area contributed by atoms with E-state index in [2.05, 4.69) is 20.6 Å². The zero-order valence-electron chi connectivity index (χ0n) is 16.0. The van der Waals surface area contributed by atoms with Crippen molar-refractivity contribution in [1.29, 1.82) is 0 Å². The number of hydrogen-bond acceptors (Lipinski definition) is 6. The molecule has 1 unspecified atom stereocenters. The molecule has 7 heteroatoms. The molecular formula is C22H22N4O3. The van der Waals surface area contributed by atoms with Crippen LogP contribution in [0.2, 0.25) is 0 Å². The molecule has 0 bridgehead atoms. The van der Waals surface area contributed by atoms with Crippen LogP contribution in [0.1, 0.15) is 13.3 Å². The van der Waals surface area contributed by atoms with E-state index in [-0.39, 0.29) is 12.3 Å². The molecule has 29 heavy (non-hydrogen) atoms. The minimum atomic E-state index is -0.917. The highest BCUT2D eigenvalue weighted by Gasteiger charge is 2.19. The second-order valence-corrected chi connectivity index (χ2v) is 6.28. The first-order valence-corrected chi connectivity index (χ1v) is 9.29. The SMILES string of the molecule is CC(OC(=O)CCNc1ncccn1)C(=O)Nc1ccccc1-c1ccccc1. The monoisotopic (exact) mass is 390 g/mol. The van der Waals surface area contributed by atoms with Gasteiger partial charge in [-0.15, -0.1) is 0 Å². The van der Waals surface area contributed by atoms with Crippen molar-refractivity contribution in [2.24, 2.45) is 0 Å². The lowest BCUT2D eigenvalue weighted by molar-refractivity contribution is -0.152. The van der Waals surface area contributed by atoms with E-state index >= 15 is 0 Å². The van der Waals surface area contributed by atoms with Gasteiger partial charge in [0, 0.05) is 30.2 Å². The molecule has 2 N–H and O–H groups in total. The first-order chi connectivity index (χ1) is 14.1. The number of nitrogens with zero attached hydrogens (tertiary/aromatic N) is 2. The number of esters is 1. The van der Waals surface area contributed by atoms with Crippen LogP contribution < -0.4 is 10.6 Å². The molecule has 7 nitrogen and oxygen atoms in total. The second kappa shape index (κ2) is 9.98. The zero-order valence-corrected chi connectivity index (χ0v) is 16.0. The van der Waals surface area contributed by atoms with E-state index in [1.165, 1.54) is 0 Å². The van der Waals surface area contributed by atoms with Crippen LogP contribution in [0.25, 0.3) is 11.1 Å². The number of rotatable bonds is 8. The highest BCUT2D eigenvalue weighted by atomic mass is 16.5. The van der Waals surface area contributed by atoms with Crippen molar-refractivity contribution in [3.63, 3.8) is 0 Å². The van der Waals surface area contributed by atoms with Gasteiger partial charge in [0.15, 0.2) is 6.10 Å². The summed E-state index contributed by atoms with van der Waals surface area (Å²) in [4.78, 5) is 32.5. The summed E-state index contributed by atoms with van der Waals surface area (Å²) in [6, 6.07) is 19.0. The van der Waals surface area contributed by atoms with E-state index in [0.29, 0.717) is 18.2 Å². The van der Waals surface area contributed by atoms with Crippen LogP contribution in [0.3, 0.4) is 0 Å². The highest BCUT2D eigenvalue weighted by Crippen LogP contribution is 2.27. The average Bonchev–Trinajstić information content (AvgIpc) is 2.75. The molecule has 0 radical (unpaired) electrons. The van der Waals surface area contributed by atoms with Crippen LogP contribution in [-0.2, 0) is 14.3 Å². The number of amides is 1. The van der Waals surface area contributed by atoms with E-state index in [0.717, 1.165) is 11.1 Å². The maximum atomic E-state index is 12.5. The normalized spacial score (nSPS) is 11.3. The molecule has 3 aromatic rings. The molecule has 0 aliphatic carbocycles. The van der Waals surface area contributed by atoms with Crippen molar-refractivity contribution in [2.45, 2.75) is 19.4 Å². The lowest BCUT2D eigenvalue weighted by Crippen LogP contribution is -2.30. The Morgan fingerprint density at radius 1 is 0.966 bits per heavy atom. The Morgan fingerprint density at radius 2 is 1.66 bits per heavy atom. The van der Waals surface area contributed by atoms with Crippen LogP contribution in [0, 0.1) is 0 Å². The summed E-state index contributed by atoms with van der Waals surface area (Å²) in [6.45, 7) is 1.86. The summed E-state index contributed by atoms with van der Waals surface area (Å²) in [7, 11) is 0. The third kappa shape index (κ3) is 5.87. The van der Waals surface area contributed by atoms with Gasteiger partial charge < -0.3 is 15.4 Å². The lowest BCUT2D eigenvalue weighted by atomic mass is 10.0. The number of nitrogens with one attached hydrogen (secondary N) is 2. The minimum Gasteiger partial charge on any atom is -0.452 e. The molecule has 1 aromatic heterocycles. The quantitative estimate of drug-likeness (QED) is 0.572. The van der Waals surface area contributed by atoms with Gasteiger partial charge in [-0.25, -0.2) is 9.97 Å². The fraction of sp³-hybridized carbons (Fsp3) is 0.182. The van der Waals surface area contributed by atoms with Crippen molar-refractivity contribution in [2.75, 3.05) is 17.2 Å². The predicted molar refractivity (Wildman–Crippen MR) is 111 cm³/mol. The van der Waals surface area contributed by atoms with Crippen molar-refractivity contribution in [3.05, 3.63) is 73.1 Å². The van der Waals surface area contributed by atoms with E-state index in [1.807, 2.05) is 54.6 Å². The minimum absolute atomic E-state index is 0.0937.